The highest BCUT2D eigenvalue weighted by molar-refractivity contribution is 6.42. The molecule has 156 valence electrons. The Kier molecular flexibility index (Phi) is 7.82. The van der Waals surface area contributed by atoms with Crippen LogP contribution in [-0.2, 0) is 13.2 Å². The summed E-state index contributed by atoms with van der Waals surface area (Å²) in [6.07, 6.45) is 1.73. The molecule has 0 bridgehead atoms. The van der Waals surface area contributed by atoms with Gasteiger partial charge in [-0.2, -0.15) is 5.10 Å². The highest BCUT2D eigenvalue weighted by Gasteiger charge is 2.05. The molecule has 0 atom stereocenters. The number of methoxy groups -OCH3 is 2. The summed E-state index contributed by atoms with van der Waals surface area (Å²) >= 11 is 12.0. The molecule has 0 aliphatic rings. The number of ether oxygens (including phenoxy) is 3. The summed E-state index contributed by atoms with van der Waals surface area (Å²) in [7, 11) is 3.23. The zero-order chi connectivity index (χ0) is 21.3. The molecule has 0 heterocycles. The molecule has 3 aromatic rings. The van der Waals surface area contributed by atoms with Crippen molar-refractivity contribution in [3.05, 3.63) is 87.4 Å². The van der Waals surface area contributed by atoms with Crippen molar-refractivity contribution in [3.63, 3.8) is 0 Å². The van der Waals surface area contributed by atoms with Gasteiger partial charge in [-0.05, 0) is 47.5 Å². The van der Waals surface area contributed by atoms with Gasteiger partial charge in [-0.15, -0.1) is 0 Å². The second-order valence-electron chi connectivity index (χ2n) is 6.36. The lowest BCUT2D eigenvalue weighted by Gasteiger charge is -2.10. The molecule has 3 rings (SSSR count). The predicted octanol–water partition coefficient (Wildman–Crippen LogP) is 5.71. The van der Waals surface area contributed by atoms with Gasteiger partial charge in [0, 0.05) is 5.56 Å². The quantitative estimate of drug-likeness (QED) is 0.339. The van der Waals surface area contributed by atoms with Crippen molar-refractivity contribution in [2.45, 2.75) is 13.2 Å². The number of rotatable bonds is 9. The topological polar surface area (TPSA) is 52.1 Å². The van der Waals surface area contributed by atoms with Gasteiger partial charge in [-0.1, -0.05) is 47.5 Å². The van der Waals surface area contributed by atoms with Crippen LogP contribution >= 0.6 is 23.2 Å². The first-order chi connectivity index (χ1) is 14.6. The van der Waals surface area contributed by atoms with Gasteiger partial charge >= 0.3 is 0 Å². The average Bonchev–Trinajstić information content (AvgIpc) is 2.78. The van der Waals surface area contributed by atoms with Gasteiger partial charge in [-0.25, -0.2) is 0 Å². The third-order valence-corrected chi connectivity index (χ3v) is 5.06. The summed E-state index contributed by atoms with van der Waals surface area (Å²) in [6.45, 7) is 0.921. The summed E-state index contributed by atoms with van der Waals surface area (Å²) in [5, 5.41) is 5.34. The number of hydrogen-bond donors (Lipinski definition) is 1. The second kappa shape index (κ2) is 10.8. The van der Waals surface area contributed by atoms with Gasteiger partial charge in [0.2, 0.25) is 0 Å². The van der Waals surface area contributed by atoms with E-state index < -0.39 is 0 Å². The Morgan fingerprint density at radius 1 is 0.833 bits per heavy atom. The smallest absolute Gasteiger partial charge is 0.161 e. The lowest BCUT2D eigenvalue weighted by Crippen LogP contribution is -2.06. The molecule has 0 aliphatic carbocycles. The monoisotopic (exact) mass is 444 g/mol. The van der Waals surface area contributed by atoms with Gasteiger partial charge in [-0.3, -0.25) is 0 Å². The maximum Gasteiger partial charge on any atom is 0.161 e. The fourth-order valence-corrected chi connectivity index (χ4v) is 3.07. The molecule has 5 nitrogen and oxygen atoms in total. The third kappa shape index (κ3) is 5.81. The molecule has 7 heteroatoms. The first-order valence-electron chi connectivity index (χ1n) is 9.23. The molecule has 0 unspecified atom stereocenters. The number of benzene rings is 3. The van der Waals surface area contributed by atoms with E-state index >= 15 is 0 Å². The molecule has 0 aliphatic heterocycles. The van der Waals surface area contributed by atoms with Crippen LogP contribution in [0.15, 0.2) is 65.8 Å². The first-order valence-corrected chi connectivity index (χ1v) is 9.99. The van der Waals surface area contributed by atoms with E-state index in [1.165, 1.54) is 0 Å². The first kappa shape index (κ1) is 21.8. The van der Waals surface area contributed by atoms with Gasteiger partial charge in [0.1, 0.15) is 12.4 Å². The van der Waals surface area contributed by atoms with Crippen molar-refractivity contribution < 1.29 is 14.2 Å². The van der Waals surface area contributed by atoms with Crippen molar-refractivity contribution in [1.82, 2.24) is 5.43 Å². The lowest BCUT2D eigenvalue weighted by atomic mass is 10.2. The standard InChI is InChI=1S/C23H22Cl2N2O3/c1-28-22-10-8-16(12-23(22)29-2)13-26-27-14-18-5-3-4-6-21(18)30-15-17-7-9-19(24)20(25)11-17/h3-12,14,26H,13,15H2,1-2H3/b27-14-. The minimum Gasteiger partial charge on any atom is -0.493 e. The van der Waals surface area contributed by atoms with Gasteiger partial charge in [0.05, 0.1) is 37.0 Å². The van der Waals surface area contributed by atoms with Crippen LogP contribution in [0.2, 0.25) is 10.0 Å². The lowest BCUT2D eigenvalue weighted by molar-refractivity contribution is 0.306. The molecule has 0 amide bonds. The molecule has 30 heavy (non-hydrogen) atoms. The highest BCUT2D eigenvalue weighted by Crippen LogP contribution is 2.27. The van der Waals surface area contributed by atoms with Crippen LogP contribution < -0.4 is 19.6 Å². The van der Waals surface area contributed by atoms with Crippen LogP contribution in [-0.4, -0.2) is 20.4 Å². The van der Waals surface area contributed by atoms with E-state index in [9.17, 15) is 0 Å². The Bertz CT molecular complexity index is 1030. The van der Waals surface area contributed by atoms with E-state index in [0.29, 0.717) is 34.7 Å². The fraction of sp³-hybridized carbons (Fsp3) is 0.174. The molecular formula is C23H22Cl2N2O3. The Balaban J connectivity index is 1.60. The van der Waals surface area contributed by atoms with Crippen molar-refractivity contribution in [2.24, 2.45) is 5.10 Å². The fourth-order valence-electron chi connectivity index (χ4n) is 2.75. The molecule has 0 saturated heterocycles. The van der Waals surface area contributed by atoms with Crippen molar-refractivity contribution >= 4 is 29.4 Å². The largest absolute Gasteiger partial charge is 0.493 e. The number of nitrogens with zero attached hydrogens (tertiary/aromatic N) is 1. The van der Waals surface area contributed by atoms with E-state index in [-0.39, 0.29) is 0 Å². The van der Waals surface area contributed by atoms with E-state index in [2.05, 4.69) is 10.5 Å². The molecule has 0 aromatic heterocycles. The minimum atomic E-state index is 0.376. The Hall–Kier alpha value is -2.89. The minimum absolute atomic E-state index is 0.376. The van der Waals surface area contributed by atoms with Crippen LogP contribution in [0.1, 0.15) is 16.7 Å². The molecule has 0 fully saturated rings. The van der Waals surface area contributed by atoms with E-state index in [1.54, 1.807) is 32.6 Å². The normalized spacial score (nSPS) is 10.8. The van der Waals surface area contributed by atoms with E-state index in [1.807, 2.05) is 48.5 Å². The average molecular weight is 445 g/mol. The number of halogens is 2. The van der Waals surface area contributed by atoms with E-state index in [0.717, 1.165) is 22.4 Å². The van der Waals surface area contributed by atoms with Gasteiger partial charge < -0.3 is 19.6 Å². The SMILES string of the molecule is COc1ccc(CN/N=C\c2ccccc2OCc2ccc(Cl)c(Cl)c2)cc1OC. The number of hydrogen-bond acceptors (Lipinski definition) is 5. The molecule has 0 saturated carbocycles. The Morgan fingerprint density at radius 3 is 2.37 bits per heavy atom. The van der Waals surface area contributed by atoms with Crippen LogP contribution in [0.3, 0.4) is 0 Å². The van der Waals surface area contributed by atoms with Crippen LogP contribution in [0.4, 0.5) is 0 Å². The van der Waals surface area contributed by atoms with Crippen LogP contribution in [0.5, 0.6) is 17.2 Å². The van der Waals surface area contributed by atoms with Crippen molar-refractivity contribution in [2.75, 3.05) is 14.2 Å². The van der Waals surface area contributed by atoms with Crippen LogP contribution in [0.25, 0.3) is 0 Å². The summed E-state index contributed by atoms with van der Waals surface area (Å²) in [5.41, 5.74) is 5.85. The zero-order valence-electron chi connectivity index (χ0n) is 16.7. The zero-order valence-corrected chi connectivity index (χ0v) is 18.2. The summed E-state index contributed by atoms with van der Waals surface area (Å²) in [6, 6.07) is 18.9. The predicted molar refractivity (Wildman–Crippen MR) is 121 cm³/mol. The van der Waals surface area contributed by atoms with Crippen molar-refractivity contribution in [3.8, 4) is 17.2 Å². The van der Waals surface area contributed by atoms with Gasteiger partial charge in [0.15, 0.2) is 11.5 Å². The summed E-state index contributed by atoms with van der Waals surface area (Å²) in [5.74, 6) is 2.10. The second-order valence-corrected chi connectivity index (χ2v) is 7.17. The summed E-state index contributed by atoms with van der Waals surface area (Å²) < 4.78 is 16.5. The molecule has 0 radical (unpaired) electrons. The van der Waals surface area contributed by atoms with E-state index in [4.69, 9.17) is 37.4 Å². The van der Waals surface area contributed by atoms with Crippen molar-refractivity contribution in [1.29, 1.82) is 0 Å². The molecule has 1 N–H and O–H groups in total. The molecule has 0 spiro atoms. The maximum absolute atomic E-state index is 6.07. The highest BCUT2D eigenvalue weighted by atomic mass is 35.5. The molecular weight excluding hydrogens is 423 g/mol. The summed E-state index contributed by atoms with van der Waals surface area (Å²) in [4.78, 5) is 0. The Morgan fingerprint density at radius 2 is 1.60 bits per heavy atom. The van der Waals surface area contributed by atoms with Gasteiger partial charge in [0.25, 0.3) is 0 Å². The maximum atomic E-state index is 6.07. The third-order valence-electron chi connectivity index (χ3n) is 4.32. The van der Waals surface area contributed by atoms with Crippen LogP contribution in [0, 0.1) is 0 Å². The Labute approximate surface area is 186 Å². The number of nitrogens with one attached hydrogen (secondary N) is 1. The number of hydrazone groups is 1. The molecule has 3 aromatic carbocycles. The number of para-hydroxylation sites is 1.